The van der Waals surface area contributed by atoms with Crippen molar-refractivity contribution in [1.29, 1.82) is 0 Å². The molecule has 23 heavy (non-hydrogen) atoms. The number of carbonyl (C=O) groups excluding carboxylic acids is 1. The molecule has 0 aliphatic rings. The molecule has 0 saturated carbocycles. The number of benzene rings is 2. The lowest BCUT2D eigenvalue weighted by Crippen LogP contribution is -2.21. The number of aromatic nitrogens is 2. The number of carbonyl (C=O) groups is 1. The van der Waals surface area contributed by atoms with E-state index < -0.39 is 0 Å². The van der Waals surface area contributed by atoms with Gasteiger partial charge in [-0.2, -0.15) is 0 Å². The fraction of sp³-hybridized carbons (Fsp3) is 0.111. The van der Waals surface area contributed by atoms with Gasteiger partial charge < -0.3 is 4.98 Å². The van der Waals surface area contributed by atoms with E-state index >= 15 is 0 Å². The number of Topliss-reactive ketones (excluding diaryl/α,β-unsaturated/α-hetero) is 1. The molecule has 0 aliphatic carbocycles. The molecule has 114 valence electrons. The highest BCUT2D eigenvalue weighted by Crippen LogP contribution is 2.31. The van der Waals surface area contributed by atoms with Gasteiger partial charge in [-0.05, 0) is 36.1 Å². The Morgan fingerprint density at radius 2 is 1.87 bits per heavy atom. The van der Waals surface area contributed by atoms with Crippen LogP contribution in [0.25, 0.3) is 21.1 Å². The van der Waals surface area contributed by atoms with Gasteiger partial charge in [-0.1, -0.05) is 30.3 Å². The normalized spacial score (nSPS) is 11.3. The lowest BCUT2D eigenvalue weighted by molar-refractivity contribution is 0.0976. The van der Waals surface area contributed by atoms with Crippen molar-refractivity contribution in [2.24, 2.45) is 0 Å². The van der Waals surface area contributed by atoms with Crippen LogP contribution in [0.2, 0.25) is 0 Å². The maximum Gasteiger partial charge on any atom is 0.326 e. The topological polar surface area (TPSA) is 54.9 Å². The minimum Gasteiger partial charge on any atom is -0.306 e. The number of ketones is 1. The number of H-pyrrole nitrogens is 1. The number of imidazole rings is 1. The van der Waals surface area contributed by atoms with E-state index in [4.69, 9.17) is 0 Å². The molecule has 0 aliphatic heterocycles. The number of rotatable bonds is 3. The Labute approximate surface area is 136 Å². The SMILES string of the molecule is Cc1c(C(=O)Cn2c(=O)[nH]c3ccccc32)sc2ccccc12. The van der Waals surface area contributed by atoms with Crippen molar-refractivity contribution in [1.82, 2.24) is 9.55 Å². The number of aromatic amines is 1. The molecule has 0 fully saturated rings. The Morgan fingerprint density at radius 1 is 1.13 bits per heavy atom. The van der Waals surface area contributed by atoms with Gasteiger partial charge in [-0.25, -0.2) is 4.79 Å². The van der Waals surface area contributed by atoms with Crippen molar-refractivity contribution in [3.63, 3.8) is 0 Å². The van der Waals surface area contributed by atoms with Gasteiger partial charge in [0.05, 0.1) is 22.5 Å². The third kappa shape index (κ3) is 2.21. The first-order chi connectivity index (χ1) is 11.1. The van der Waals surface area contributed by atoms with Crippen molar-refractivity contribution in [3.8, 4) is 0 Å². The number of nitrogens with zero attached hydrogens (tertiary/aromatic N) is 1. The lowest BCUT2D eigenvalue weighted by Gasteiger charge is -2.02. The molecule has 0 radical (unpaired) electrons. The quantitative estimate of drug-likeness (QED) is 0.584. The highest BCUT2D eigenvalue weighted by atomic mass is 32.1. The van der Waals surface area contributed by atoms with Crippen LogP contribution < -0.4 is 5.69 Å². The standard InChI is InChI=1S/C18H14N2O2S/c1-11-12-6-2-5-9-16(12)23-17(11)15(21)10-20-14-8-4-3-7-13(14)19-18(20)22/h2-9H,10H2,1H3,(H,19,22). The summed E-state index contributed by atoms with van der Waals surface area (Å²) in [6.07, 6.45) is 0. The predicted octanol–water partition coefficient (Wildman–Crippen LogP) is 3.74. The molecule has 1 N–H and O–H groups in total. The molecular weight excluding hydrogens is 308 g/mol. The summed E-state index contributed by atoms with van der Waals surface area (Å²) in [7, 11) is 0. The Kier molecular flexibility index (Phi) is 3.16. The summed E-state index contributed by atoms with van der Waals surface area (Å²) in [5, 5.41) is 1.10. The predicted molar refractivity (Wildman–Crippen MR) is 93.5 cm³/mol. The molecule has 0 saturated heterocycles. The fourth-order valence-electron chi connectivity index (χ4n) is 2.92. The number of fused-ring (bicyclic) bond motifs is 2. The largest absolute Gasteiger partial charge is 0.326 e. The Bertz CT molecular complexity index is 1100. The average Bonchev–Trinajstić information content (AvgIpc) is 3.06. The third-order valence-corrected chi connectivity index (χ3v) is 5.39. The minimum atomic E-state index is -0.252. The van der Waals surface area contributed by atoms with E-state index in [1.807, 2.05) is 55.5 Å². The Morgan fingerprint density at radius 3 is 2.70 bits per heavy atom. The second-order valence-corrected chi connectivity index (χ2v) is 6.56. The zero-order valence-electron chi connectivity index (χ0n) is 12.5. The van der Waals surface area contributed by atoms with Crippen LogP contribution in [0.1, 0.15) is 15.2 Å². The highest BCUT2D eigenvalue weighted by Gasteiger charge is 2.17. The molecule has 0 atom stereocenters. The number of aryl methyl sites for hydroxylation is 1. The van der Waals surface area contributed by atoms with Gasteiger partial charge in [-0.15, -0.1) is 11.3 Å². The summed E-state index contributed by atoms with van der Waals surface area (Å²) in [5.41, 5.74) is 2.24. The summed E-state index contributed by atoms with van der Waals surface area (Å²) in [6.45, 7) is 2.01. The third-order valence-electron chi connectivity index (χ3n) is 4.08. The zero-order valence-corrected chi connectivity index (χ0v) is 13.3. The molecule has 2 heterocycles. The molecule has 5 heteroatoms. The second-order valence-electron chi connectivity index (χ2n) is 5.51. The molecule has 0 amide bonds. The summed E-state index contributed by atoms with van der Waals surface area (Å²) in [4.78, 5) is 28.4. The van der Waals surface area contributed by atoms with E-state index in [0.29, 0.717) is 0 Å². The number of thiophene rings is 1. The molecule has 4 rings (SSSR count). The Balaban J connectivity index is 1.78. The van der Waals surface area contributed by atoms with E-state index in [0.717, 1.165) is 31.6 Å². The maximum absolute atomic E-state index is 12.7. The van der Waals surface area contributed by atoms with Crippen molar-refractivity contribution >= 4 is 38.2 Å². The van der Waals surface area contributed by atoms with Crippen LogP contribution in [0.5, 0.6) is 0 Å². The molecule has 4 nitrogen and oxygen atoms in total. The van der Waals surface area contributed by atoms with Gasteiger partial charge in [0.2, 0.25) is 0 Å². The summed E-state index contributed by atoms with van der Waals surface area (Å²) in [6, 6.07) is 15.4. The molecule has 2 aromatic carbocycles. The van der Waals surface area contributed by atoms with Gasteiger partial charge in [0.1, 0.15) is 0 Å². The van der Waals surface area contributed by atoms with E-state index in [1.54, 1.807) is 0 Å². The lowest BCUT2D eigenvalue weighted by atomic mass is 10.1. The summed E-state index contributed by atoms with van der Waals surface area (Å²) in [5.74, 6) is -0.0319. The van der Waals surface area contributed by atoms with Crippen LogP contribution in [0.3, 0.4) is 0 Å². The van der Waals surface area contributed by atoms with Crippen molar-refractivity contribution in [2.75, 3.05) is 0 Å². The number of para-hydroxylation sites is 2. The van der Waals surface area contributed by atoms with Crippen molar-refractivity contribution in [3.05, 3.63) is 69.5 Å². The van der Waals surface area contributed by atoms with Crippen LogP contribution in [0, 0.1) is 6.92 Å². The first-order valence-electron chi connectivity index (χ1n) is 7.34. The first-order valence-corrected chi connectivity index (χ1v) is 8.15. The van der Waals surface area contributed by atoms with Gasteiger partial charge in [-0.3, -0.25) is 9.36 Å². The molecule has 0 bridgehead atoms. The summed E-state index contributed by atoms with van der Waals surface area (Å²) < 4.78 is 2.60. The van der Waals surface area contributed by atoms with Gasteiger partial charge in [0.25, 0.3) is 0 Å². The molecule has 4 aromatic rings. The monoisotopic (exact) mass is 322 g/mol. The van der Waals surface area contributed by atoms with E-state index in [9.17, 15) is 9.59 Å². The minimum absolute atomic E-state index is 0.0319. The first kappa shape index (κ1) is 14.0. The van der Waals surface area contributed by atoms with Gasteiger partial charge in [0.15, 0.2) is 5.78 Å². The van der Waals surface area contributed by atoms with Crippen molar-refractivity contribution < 1.29 is 4.79 Å². The number of hydrogen-bond acceptors (Lipinski definition) is 3. The van der Waals surface area contributed by atoms with Crippen LogP contribution in [-0.4, -0.2) is 15.3 Å². The van der Waals surface area contributed by atoms with Crippen LogP contribution in [0.4, 0.5) is 0 Å². The van der Waals surface area contributed by atoms with Crippen LogP contribution in [-0.2, 0) is 6.54 Å². The van der Waals surface area contributed by atoms with Crippen LogP contribution in [0.15, 0.2) is 53.3 Å². The van der Waals surface area contributed by atoms with E-state index in [1.165, 1.54) is 15.9 Å². The Hall–Kier alpha value is -2.66. The molecule has 2 aromatic heterocycles. The molecular formula is C18H14N2O2S. The maximum atomic E-state index is 12.7. The molecule has 0 unspecified atom stereocenters. The van der Waals surface area contributed by atoms with Crippen LogP contribution >= 0.6 is 11.3 Å². The van der Waals surface area contributed by atoms with E-state index in [2.05, 4.69) is 4.98 Å². The zero-order chi connectivity index (χ0) is 16.0. The smallest absolute Gasteiger partial charge is 0.306 e. The molecule has 0 spiro atoms. The van der Waals surface area contributed by atoms with E-state index in [-0.39, 0.29) is 18.0 Å². The fourth-order valence-corrected chi connectivity index (χ4v) is 4.06. The van der Waals surface area contributed by atoms with Crippen molar-refractivity contribution in [2.45, 2.75) is 13.5 Å². The summed E-state index contributed by atoms with van der Waals surface area (Å²) >= 11 is 1.49. The van der Waals surface area contributed by atoms with Gasteiger partial charge in [0, 0.05) is 4.70 Å². The van der Waals surface area contributed by atoms with Gasteiger partial charge >= 0.3 is 5.69 Å². The average molecular weight is 322 g/mol. The number of nitrogens with one attached hydrogen (secondary N) is 1. The number of hydrogen-bond donors (Lipinski definition) is 1. The highest BCUT2D eigenvalue weighted by molar-refractivity contribution is 7.21. The second kappa shape index (κ2) is 5.21.